The van der Waals surface area contributed by atoms with Crippen LogP contribution in [0.1, 0.15) is 6.42 Å². The van der Waals surface area contributed by atoms with E-state index < -0.39 is 12.2 Å². The monoisotopic (exact) mass is 401 g/mol. The van der Waals surface area contributed by atoms with E-state index in [2.05, 4.69) is 29.1 Å². The van der Waals surface area contributed by atoms with Gasteiger partial charge in [-0.2, -0.15) is 0 Å². The highest BCUT2D eigenvalue weighted by Crippen LogP contribution is 2.25. The molecule has 3 amide bonds. The van der Waals surface area contributed by atoms with Crippen LogP contribution < -0.4 is 0 Å². The van der Waals surface area contributed by atoms with Crippen molar-refractivity contribution in [2.24, 2.45) is 0 Å². The summed E-state index contributed by atoms with van der Waals surface area (Å²) in [4.78, 5) is 38.0. The lowest BCUT2D eigenvalue weighted by atomic mass is 10.3. The van der Waals surface area contributed by atoms with Crippen LogP contribution in [0.15, 0.2) is 25.3 Å². The summed E-state index contributed by atoms with van der Waals surface area (Å²) in [6.45, 7) is 7.94. The van der Waals surface area contributed by atoms with Gasteiger partial charge in [-0.15, -0.1) is 0 Å². The lowest BCUT2D eigenvalue weighted by Crippen LogP contribution is -2.45. The van der Waals surface area contributed by atoms with Crippen molar-refractivity contribution in [2.45, 2.75) is 17.3 Å². The van der Waals surface area contributed by atoms with E-state index >= 15 is 0 Å². The summed E-state index contributed by atoms with van der Waals surface area (Å²) in [6.07, 6.45) is 2.19. The van der Waals surface area contributed by atoms with Crippen molar-refractivity contribution < 1.29 is 23.9 Å². The zero-order valence-corrected chi connectivity index (χ0v) is 14.8. The normalized spacial score (nSPS) is 21.1. The maximum Gasteiger partial charge on any atom is 0.429 e. The second-order valence-corrected chi connectivity index (χ2v) is 6.44. The Bertz CT molecular complexity index is 509. The summed E-state index contributed by atoms with van der Waals surface area (Å²) < 4.78 is 10.0. The van der Waals surface area contributed by atoms with Gasteiger partial charge < -0.3 is 14.4 Å². The summed E-state index contributed by atoms with van der Waals surface area (Å²) in [7, 11) is 0. The van der Waals surface area contributed by atoms with Crippen molar-refractivity contribution in [2.75, 3.05) is 32.8 Å². The summed E-state index contributed by atoms with van der Waals surface area (Å²) in [5, 5.41) is 2.32. The first-order chi connectivity index (χ1) is 11.5. The maximum atomic E-state index is 12.2. The number of halogens is 1. The fraction of sp³-hybridized carbons (Fsp3) is 0.533. The van der Waals surface area contributed by atoms with E-state index in [9.17, 15) is 14.4 Å². The fourth-order valence-electron chi connectivity index (χ4n) is 2.64. The minimum Gasteiger partial charge on any atom is -0.444 e. The van der Waals surface area contributed by atoms with Gasteiger partial charge in [-0.1, -0.05) is 41.2 Å². The highest BCUT2D eigenvalue weighted by molar-refractivity contribution is 9.10. The second kappa shape index (κ2) is 8.18. The Hall–Kier alpha value is -2.03. The van der Waals surface area contributed by atoms with Crippen LogP contribution in [-0.4, -0.2) is 76.7 Å². The van der Waals surface area contributed by atoms with Crippen molar-refractivity contribution in [1.29, 1.82) is 0 Å². The number of alkyl halides is 1. The SMILES string of the molecule is C=CCOC(=O)N1CC(N2CCC(Br)C2=O)CN1C(=O)OCC=C. The van der Waals surface area contributed by atoms with Crippen LogP contribution in [0.5, 0.6) is 0 Å². The van der Waals surface area contributed by atoms with Crippen LogP contribution in [0.4, 0.5) is 9.59 Å². The van der Waals surface area contributed by atoms with Gasteiger partial charge in [-0.05, 0) is 6.42 Å². The van der Waals surface area contributed by atoms with Gasteiger partial charge in [-0.3, -0.25) is 4.79 Å². The van der Waals surface area contributed by atoms with Crippen LogP contribution >= 0.6 is 15.9 Å². The van der Waals surface area contributed by atoms with Gasteiger partial charge in [0, 0.05) is 6.54 Å². The van der Waals surface area contributed by atoms with Gasteiger partial charge in [-0.25, -0.2) is 19.6 Å². The van der Waals surface area contributed by atoms with E-state index in [0.717, 1.165) is 10.0 Å². The zero-order valence-electron chi connectivity index (χ0n) is 13.2. The molecule has 2 rings (SSSR count). The molecule has 0 aliphatic carbocycles. The number of carbonyl (C=O) groups is 3. The summed E-state index contributed by atoms with van der Waals surface area (Å²) >= 11 is 3.32. The molecule has 2 aliphatic rings. The Morgan fingerprint density at radius 1 is 1.12 bits per heavy atom. The standard InChI is InChI=1S/C15H20BrN3O5/c1-3-7-23-14(21)18-9-11(17-6-5-12(16)13(17)20)10-19(18)15(22)24-8-4-2/h3-4,11-12H,1-2,5-10H2. The van der Waals surface area contributed by atoms with E-state index in [1.807, 2.05) is 0 Å². The Morgan fingerprint density at radius 3 is 2.00 bits per heavy atom. The molecule has 0 saturated carbocycles. The molecule has 0 N–H and O–H groups in total. The molecule has 0 spiro atoms. The molecule has 0 aromatic heterocycles. The lowest BCUT2D eigenvalue weighted by molar-refractivity contribution is -0.128. The minimum absolute atomic E-state index is 0.0294. The number of rotatable bonds is 5. The van der Waals surface area contributed by atoms with Crippen LogP contribution in [0, 0.1) is 0 Å². The Balaban J connectivity index is 2.10. The van der Waals surface area contributed by atoms with Crippen LogP contribution in [0.2, 0.25) is 0 Å². The topological polar surface area (TPSA) is 79.4 Å². The lowest BCUT2D eigenvalue weighted by Gasteiger charge is -2.25. The van der Waals surface area contributed by atoms with Crippen LogP contribution in [-0.2, 0) is 14.3 Å². The van der Waals surface area contributed by atoms with E-state index in [4.69, 9.17) is 9.47 Å². The van der Waals surface area contributed by atoms with Crippen molar-refractivity contribution in [3.63, 3.8) is 0 Å². The third-order valence-electron chi connectivity index (χ3n) is 3.74. The highest BCUT2D eigenvalue weighted by atomic mass is 79.9. The van der Waals surface area contributed by atoms with Gasteiger partial charge in [0.2, 0.25) is 5.91 Å². The van der Waals surface area contributed by atoms with Crippen LogP contribution in [0.3, 0.4) is 0 Å². The van der Waals surface area contributed by atoms with Gasteiger partial charge >= 0.3 is 12.2 Å². The van der Waals surface area contributed by atoms with Gasteiger partial charge in [0.1, 0.15) is 13.2 Å². The Labute approximate surface area is 148 Å². The number of carbonyl (C=O) groups excluding carboxylic acids is 3. The smallest absolute Gasteiger partial charge is 0.429 e. The highest BCUT2D eigenvalue weighted by Gasteiger charge is 2.44. The molecule has 132 valence electrons. The first-order valence-corrected chi connectivity index (χ1v) is 8.46. The molecule has 9 heteroatoms. The molecule has 0 bridgehead atoms. The zero-order chi connectivity index (χ0) is 17.7. The van der Waals surface area contributed by atoms with Gasteiger partial charge in [0.15, 0.2) is 0 Å². The molecule has 24 heavy (non-hydrogen) atoms. The Kier molecular flexibility index (Phi) is 6.24. The van der Waals surface area contributed by atoms with E-state index in [1.165, 1.54) is 12.2 Å². The molecule has 2 saturated heterocycles. The molecule has 2 fully saturated rings. The third-order valence-corrected chi connectivity index (χ3v) is 4.59. The largest absolute Gasteiger partial charge is 0.444 e. The number of ether oxygens (including phenoxy) is 2. The Morgan fingerprint density at radius 2 is 1.62 bits per heavy atom. The minimum atomic E-state index is -0.685. The predicted octanol–water partition coefficient (Wildman–Crippen LogP) is 1.53. The molecule has 8 nitrogen and oxygen atoms in total. The summed E-state index contributed by atoms with van der Waals surface area (Å²) in [5.41, 5.74) is 0. The number of likely N-dealkylation sites (tertiary alicyclic amines) is 1. The van der Waals surface area contributed by atoms with E-state index in [0.29, 0.717) is 13.0 Å². The molecule has 0 aromatic rings. The van der Waals surface area contributed by atoms with Gasteiger partial charge in [0.05, 0.1) is 24.0 Å². The molecule has 1 unspecified atom stereocenters. The third kappa shape index (κ3) is 3.89. The molecule has 0 aromatic carbocycles. The summed E-state index contributed by atoms with van der Waals surface area (Å²) in [5.74, 6) is -0.0410. The van der Waals surface area contributed by atoms with Crippen molar-refractivity contribution in [3.8, 4) is 0 Å². The molecule has 2 aliphatic heterocycles. The average molecular weight is 402 g/mol. The molecular weight excluding hydrogens is 382 g/mol. The van der Waals surface area contributed by atoms with Crippen molar-refractivity contribution in [1.82, 2.24) is 14.9 Å². The van der Waals surface area contributed by atoms with E-state index in [-0.39, 0.29) is 43.1 Å². The molecule has 2 heterocycles. The molecule has 0 radical (unpaired) electrons. The maximum absolute atomic E-state index is 12.2. The number of hydrogen-bond donors (Lipinski definition) is 0. The van der Waals surface area contributed by atoms with Crippen LogP contribution in [0.25, 0.3) is 0 Å². The number of amides is 3. The molecular formula is C15H20BrN3O5. The average Bonchev–Trinajstić information content (AvgIpc) is 3.15. The number of hydrazine groups is 1. The fourth-order valence-corrected chi connectivity index (χ4v) is 3.10. The number of hydrogen-bond acceptors (Lipinski definition) is 5. The summed E-state index contributed by atoms with van der Waals surface area (Å²) in [6, 6.07) is -0.299. The quantitative estimate of drug-likeness (QED) is 0.515. The van der Waals surface area contributed by atoms with Gasteiger partial charge in [0.25, 0.3) is 0 Å². The first kappa shape index (κ1) is 18.3. The second-order valence-electron chi connectivity index (χ2n) is 5.34. The van der Waals surface area contributed by atoms with E-state index in [1.54, 1.807) is 4.90 Å². The number of nitrogens with zero attached hydrogens (tertiary/aromatic N) is 3. The molecule has 1 atom stereocenters. The first-order valence-electron chi connectivity index (χ1n) is 7.54. The van der Waals surface area contributed by atoms with Crippen molar-refractivity contribution >= 4 is 34.0 Å². The predicted molar refractivity (Wildman–Crippen MR) is 89.3 cm³/mol. The van der Waals surface area contributed by atoms with Crippen molar-refractivity contribution in [3.05, 3.63) is 25.3 Å².